The number of non-ortho nitro benzene ring substituents is 1. The molecule has 4 aromatic rings. The van der Waals surface area contributed by atoms with Gasteiger partial charge in [-0.3, -0.25) is 14.9 Å². The lowest BCUT2D eigenvalue weighted by molar-refractivity contribution is -0.384. The van der Waals surface area contributed by atoms with Crippen molar-refractivity contribution in [3.63, 3.8) is 0 Å². The van der Waals surface area contributed by atoms with Crippen LogP contribution >= 0.6 is 0 Å². The van der Waals surface area contributed by atoms with E-state index in [1.54, 1.807) is 18.2 Å². The fraction of sp³-hybridized carbons (Fsp3) is 0. The minimum Gasteiger partial charge on any atom is -0.456 e. The van der Waals surface area contributed by atoms with Crippen molar-refractivity contribution in [2.24, 2.45) is 0 Å². The van der Waals surface area contributed by atoms with Gasteiger partial charge in [0.1, 0.15) is 11.2 Å². The van der Waals surface area contributed by atoms with Gasteiger partial charge in [-0.15, -0.1) is 0 Å². The molecule has 0 aliphatic rings. The Kier molecular flexibility index (Phi) is 4.14. The molecule has 27 heavy (non-hydrogen) atoms. The Morgan fingerprint density at radius 2 is 1.78 bits per heavy atom. The highest BCUT2D eigenvalue weighted by Crippen LogP contribution is 2.30. The largest absolute Gasteiger partial charge is 0.456 e. The smallest absolute Gasteiger partial charge is 0.270 e. The fourth-order valence-corrected chi connectivity index (χ4v) is 2.90. The number of furan rings is 1. The number of fused-ring (bicyclic) bond motifs is 3. The standard InChI is InChI=1S/C21H14N2O4/c24-21(11-8-14-4-3-5-16(12-14)23(25)26)22-15-9-10-18-17-6-1-2-7-19(17)27-20(18)13-15/h1-13H,(H,22,24)/b11-8+. The highest BCUT2D eigenvalue weighted by Gasteiger charge is 2.08. The lowest BCUT2D eigenvalue weighted by Gasteiger charge is -2.02. The molecule has 0 atom stereocenters. The van der Waals surface area contributed by atoms with Crippen LogP contribution in [-0.4, -0.2) is 10.8 Å². The molecule has 4 rings (SSSR count). The minimum absolute atomic E-state index is 0.0205. The SMILES string of the molecule is O=C(/C=C/c1cccc([N+](=O)[O-])c1)Nc1ccc2c(c1)oc1ccccc12. The minimum atomic E-state index is -0.472. The van der Waals surface area contributed by atoms with E-state index in [0.29, 0.717) is 16.8 Å². The van der Waals surface area contributed by atoms with Gasteiger partial charge in [0.25, 0.3) is 5.69 Å². The van der Waals surface area contributed by atoms with E-state index in [-0.39, 0.29) is 11.6 Å². The summed E-state index contributed by atoms with van der Waals surface area (Å²) in [4.78, 5) is 22.5. The van der Waals surface area contributed by atoms with Gasteiger partial charge in [-0.05, 0) is 29.8 Å². The van der Waals surface area contributed by atoms with Gasteiger partial charge in [-0.1, -0.05) is 30.3 Å². The molecule has 0 saturated heterocycles. The van der Waals surface area contributed by atoms with Crippen LogP contribution in [-0.2, 0) is 4.79 Å². The molecule has 3 aromatic carbocycles. The van der Waals surface area contributed by atoms with Crippen LogP contribution in [0.25, 0.3) is 28.0 Å². The highest BCUT2D eigenvalue weighted by atomic mass is 16.6. The molecule has 1 N–H and O–H groups in total. The molecule has 6 nitrogen and oxygen atoms in total. The van der Waals surface area contributed by atoms with Crippen LogP contribution in [0.2, 0.25) is 0 Å². The van der Waals surface area contributed by atoms with Crippen LogP contribution in [0.5, 0.6) is 0 Å². The number of nitro benzene ring substituents is 1. The molecule has 1 aromatic heterocycles. The van der Waals surface area contributed by atoms with Crippen molar-refractivity contribution in [1.82, 2.24) is 0 Å². The second-order valence-electron chi connectivity index (χ2n) is 5.98. The van der Waals surface area contributed by atoms with E-state index in [0.717, 1.165) is 16.4 Å². The Labute approximate surface area is 153 Å². The molecule has 0 spiro atoms. The Bertz CT molecular complexity index is 1210. The van der Waals surface area contributed by atoms with Crippen molar-refractivity contribution in [3.05, 3.63) is 88.5 Å². The van der Waals surface area contributed by atoms with Crippen molar-refractivity contribution in [1.29, 1.82) is 0 Å². The molecular weight excluding hydrogens is 344 g/mol. The quantitative estimate of drug-likeness (QED) is 0.311. The zero-order chi connectivity index (χ0) is 18.8. The number of nitrogens with one attached hydrogen (secondary N) is 1. The maximum absolute atomic E-state index is 12.2. The Morgan fingerprint density at radius 1 is 0.963 bits per heavy atom. The monoisotopic (exact) mass is 358 g/mol. The van der Waals surface area contributed by atoms with Crippen LogP contribution < -0.4 is 5.32 Å². The van der Waals surface area contributed by atoms with E-state index in [2.05, 4.69) is 5.32 Å². The number of carbonyl (C=O) groups is 1. The molecule has 0 aliphatic carbocycles. The van der Waals surface area contributed by atoms with E-state index in [1.807, 2.05) is 36.4 Å². The zero-order valence-corrected chi connectivity index (χ0v) is 14.1. The molecule has 0 radical (unpaired) electrons. The van der Waals surface area contributed by atoms with Crippen LogP contribution in [0.3, 0.4) is 0 Å². The molecule has 0 unspecified atom stereocenters. The summed E-state index contributed by atoms with van der Waals surface area (Å²) in [6, 6.07) is 19.3. The summed E-state index contributed by atoms with van der Waals surface area (Å²) in [7, 11) is 0. The fourth-order valence-electron chi connectivity index (χ4n) is 2.90. The zero-order valence-electron chi connectivity index (χ0n) is 14.1. The average molecular weight is 358 g/mol. The molecule has 0 fully saturated rings. The van der Waals surface area contributed by atoms with E-state index < -0.39 is 4.92 Å². The van der Waals surface area contributed by atoms with Crippen molar-refractivity contribution in [3.8, 4) is 0 Å². The maximum Gasteiger partial charge on any atom is 0.270 e. The maximum atomic E-state index is 12.2. The van der Waals surface area contributed by atoms with Crippen molar-refractivity contribution in [2.45, 2.75) is 0 Å². The number of amides is 1. The van der Waals surface area contributed by atoms with Gasteiger partial charge in [0.15, 0.2) is 0 Å². The van der Waals surface area contributed by atoms with Crippen molar-refractivity contribution >= 4 is 45.3 Å². The number of hydrogen-bond donors (Lipinski definition) is 1. The van der Waals surface area contributed by atoms with Crippen LogP contribution in [0.15, 0.2) is 77.2 Å². The first-order chi connectivity index (χ1) is 13.1. The van der Waals surface area contributed by atoms with Gasteiger partial charge in [0.05, 0.1) is 4.92 Å². The summed E-state index contributed by atoms with van der Waals surface area (Å²) in [5, 5.41) is 15.6. The summed E-state index contributed by atoms with van der Waals surface area (Å²) >= 11 is 0. The summed E-state index contributed by atoms with van der Waals surface area (Å²) in [6.07, 6.45) is 2.87. The lowest BCUT2D eigenvalue weighted by Crippen LogP contribution is -2.07. The molecule has 1 amide bonds. The van der Waals surface area contributed by atoms with Gasteiger partial charge >= 0.3 is 0 Å². The normalized spacial score (nSPS) is 11.3. The lowest BCUT2D eigenvalue weighted by atomic mass is 10.1. The van der Waals surface area contributed by atoms with Gasteiger partial charge in [-0.25, -0.2) is 0 Å². The molecule has 132 valence electrons. The van der Waals surface area contributed by atoms with E-state index >= 15 is 0 Å². The number of rotatable bonds is 4. The van der Waals surface area contributed by atoms with E-state index in [1.165, 1.54) is 24.3 Å². The molecule has 6 heteroatoms. The summed E-state index contributed by atoms with van der Waals surface area (Å²) in [6.45, 7) is 0. The predicted molar refractivity (Wildman–Crippen MR) is 104 cm³/mol. The second-order valence-corrected chi connectivity index (χ2v) is 5.98. The summed E-state index contributed by atoms with van der Waals surface area (Å²) in [5.41, 5.74) is 2.65. The van der Waals surface area contributed by atoms with Crippen molar-refractivity contribution in [2.75, 3.05) is 5.32 Å². The number of carbonyl (C=O) groups excluding carboxylic acids is 1. The number of nitro groups is 1. The Morgan fingerprint density at radius 3 is 2.63 bits per heavy atom. The first kappa shape index (κ1) is 16.5. The summed E-state index contributed by atoms with van der Waals surface area (Å²) < 4.78 is 5.81. The van der Waals surface area contributed by atoms with Crippen LogP contribution in [0.1, 0.15) is 5.56 Å². The third kappa shape index (κ3) is 3.41. The van der Waals surface area contributed by atoms with Crippen LogP contribution in [0.4, 0.5) is 11.4 Å². The number of hydrogen-bond acceptors (Lipinski definition) is 4. The number of para-hydroxylation sites is 1. The molecular formula is C21H14N2O4. The highest BCUT2D eigenvalue weighted by molar-refractivity contribution is 6.07. The second kappa shape index (κ2) is 6.76. The topological polar surface area (TPSA) is 85.4 Å². The summed E-state index contributed by atoms with van der Waals surface area (Å²) in [5.74, 6) is -0.336. The van der Waals surface area contributed by atoms with Crippen LogP contribution in [0, 0.1) is 10.1 Å². The Balaban J connectivity index is 1.53. The first-order valence-electron chi connectivity index (χ1n) is 8.25. The van der Waals surface area contributed by atoms with Gasteiger partial charge < -0.3 is 9.73 Å². The molecule has 0 aliphatic heterocycles. The number of nitrogens with zero attached hydrogens (tertiary/aromatic N) is 1. The molecule has 1 heterocycles. The van der Waals surface area contributed by atoms with Gasteiger partial charge in [0, 0.05) is 40.7 Å². The average Bonchev–Trinajstić information content (AvgIpc) is 3.04. The van der Waals surface area contributed by atoms with E-state index in [9.17, 15) is 14.9 Å². The number of anilines is 1. The third-order valence-electron chi connectivity index (χ3n) is 4.15. The Hall–Kier alpha value is -3.93. The predicted octanol–water partition coefficient (Wildman–Crippen LogP) is 5.15. The van der Waals surface area contributed by atoms with E-state index in [4.69, 9.17) is 4.42 Å². The molecule has 0 bridgehead atoms. The molecule has 0 saturated carbocycles. The van der Waals surface area contributed by atoms with Gasteiger partial charge in [-0.2, -0.15) is 0 Å². The van der Waals surface area contributed by atoms with Gasteiger partial charge in [0.2, 0.25) is 5.91 Å². The third-order valence-corrected chi connectivity index (χ3v) is 4.15. The first-order valence-corrected chi connectivity index (χ1v) is 8.25. The van der Waals surface area contributed by atoms with Crippen molar-refractivity contribution < 1.29 is 14.1 Å². The number of benzene rings is 3.